The molecule has 0 aromatic carbocycles. The van der Waals surface area contributed by atoms with Crippen LogP contribution in [0.4, 0.5) is 19.0 Å². The largest absolute Gasteiger partial charge is 0.419 e. The standard InChI is InChI=1S/C18H21F3N6OS/c19-18(20,21)13-4-1-7-22-15(13)26-8-2-3-11(10-26)16(28)23-9-14-24-25-17(29)27(14)12-5-6-12/h1,4,7,11-12H,2-3,5-6,8-10H2,(H,23,28)(H,25,29). The molecule has 1 aliphatic carbocycles. The topological polar surface area (TPSA) is 78.8 Å². The first kappa shape index (κ1) is 19.9. The van der Waals surface area contributed by atoms with Crippen LogP contribution in [0.1, 0.15) is 43.1 Å². The summed E-state index contributed by atoms with van der Waals surface area (Å²) in [6.45, 7) is 0.863. The zero-order valence-corrected chi connectivity index (χ0v) is 16.4. The number of pyridine rings is 1. The Balaban J connectivity index is 1.43. The van der Waals surface area contributed by atoms with E-state index < -0.39 is 17.7 Å². The number of nitrogens with zero attached hydrogens (tertiary/aromatic N) is 4. The maximum Gasteiger partial charge on any atom is 0.419 e. The van der Waals surface area contributed by atoms with Crippen molar-refractivity contribution in [2.24, 2.45) is 5.92 Å². The Bertz CT molecular complexity index is 952. The van der Waals surface area contributed by atoms with Gasteiger partial charge >= 0.3 is 6.18 Å². The number of aromatic nitrogens is 4. The highest BCUT2D eigenvalue weighted by atomic mass is 32.1. The Morgan fingerprint density at radius 3 is 2.86 bits per heavy atom. The molecular weight excluding hydrogens is 405 g/mol. The van der Waals surface area contributed by atoms with Gasteiger partial charge < -0.3 is 10.2 Å². The summed E-state index contributed by atoms with van der Waals surface area (Å²) in [6.07, 6.45) is 0.167. The zero-order chi connectivity index (χ0) is 20.6. The number of aromatic amines is 1. The minimum absolute atomic E-state index is 0.118. The molecule has 2 fully saturated rings. The number of H-pyrrole nitrogens is 1. The molecule has 1 atom stereocenters. The summed E-state index contributed by atoms with van der Waals surface area (Å²) < 4.78 is 42.4. The fraction of sp³-hybridized carbons (Fsp3) is 0.556. The van der Waals surface area contributed by atoms with Crippen LogP contribution in [0.5, 0.6) is 0 Å². The van der Waals surface area contributed by atoms with Gasteiger partial charge in [-0.05, 0) is 50.0 Å². The Kier molecular flexibility index (Phi) is 5.32. The number of rotatable bonds is 5. The number of carbonyl (C=O) groups excluding carboxylic acids is 1. The van der Waals surface area contributed by atoms with Gasteiger partial charge in [0.2, 0.25) is 5.91 Å². The van der Waals surface area contributed by atoms with Gasteiger partial charge in [0.25, 0.3) is 0 Å². The van der Waals surface area contributed by atoms with Crippen LogP contribution in [-0.2, 0) is 17.5 Å². The Morgan fingerprint density at radius 2 is 2.14 bits per heavy atom. The van der Waals surface area contributed by atoms with E-state index in [1.54, 1.807) is 4.90 Å². The maximum absolute atomic E-state index is 13.3. The van der Waals surface area contributed by atoms with Gasteiger partial charge in [-0.2, -0.15) is 18.3 Å². The van der Waals surface area contributed by atoms with Crippen LogP contribution in [0.2, 0.25) is 0 Å². The van der Waals surface area contributed by atoms with Gasteiger partial charge in [-0.15, -0.1) is 0 Å². The second kappa shape index (κ2) is 7.77. The van der Waals surface area contributed by atoms with Crippen molar-refractivity contribution in [3.05, 3.63) is 34.5 Å². The predicted octanol–water partition coefficient (Wildman–Crippen LogP) is 3.22. The number of piperidine rings is 1. The summed E-state index contributed by atoms with van der Waals surface area (Å²) >= 11 is 5.23. The zero-order valence-electron chi connectivity index (χ0n) is 15.6. The summed E-state index contributed by atoms with van der Waals surface area (Å²) in [4.78, 5) is 18.2. The van der Waals surface area contributed by atoms with E-state index in [0.717, 1.165) is 18.9 Å². The molecule has 1 amide bonds. The SMILES string of the molecule is O=C(NCc1n[nH]c(=S)n1C1CC1)C1CCCN(c2ncccc2C(F)(F)F)C1. The van der Waals surface area contributed by atoms with Crippen molar-refractivity contribution in [2.75, 3.05) is 18.0 Å². The molecule has 7 nitrogen and oxygen atoms in total. The smallest absolute Gasteiger partial charge is 0.355 e. The third-order valence-corrected chi connectivity index (χ3v) is 5.58. The molecule has 2 aliphatic rings. The molecule has 11 heteroatoms. The Morgan fingerprint density at radius 1 is 1.34 bits per heavy atom. The van der Waals surface area contributed by atoms with Crippen molar-refractivity contribution in [2.45, 2.75) is 44.4 Å². The van der Waals surface area contributed by atoms with Gasteiger partial charge in [0.15, 0.2) is 10.6 Å². The van der Waals surface area contributed by atoms with Crippen molar-refractivity contribution in [3.63, 3.8) is 0 Å². The molecule has 1 saturated carbocycles. The van der Waals surface area contributed by atoms with Gasteiger partial charge in [-0.3, -0.25) is 14.5 Å². The molecule has 1 saturated heterocycles. The number of anilines is 1. The van der Waals surface area contributed by atoms with Crippen molar-refractivity contribution >= 4 is 23.9 Å². The number of alkyl halides is 3. The summed E-state index contributed by atoms with van der Waals surface area (Å²) in [5.41, 5.74) is -0.777. The molecule has 0 spiro atoms. The molecule has 0 radical (unpaired) electrons. The maximum atomic E-state index is 13.3. The first-order valence-electron chi connectivity index (χ1n) is 9.55. The van der Waals surface area contributed by atoms with Gasteiger partial charge in [0, 0.05) is 25.3 Å². The minimum Gasteiger partial charge on any atom is -0.355 e. The molecule has 0 bridgehead atoms. The molecule has 29 heavy (non-hydrogen) atoms. The van der Waals surface area contributed by atoms with E-state index >= 15 is 0 Å². The predicted molar refractivity (Wildman–Crippen MR) is 102 cm³/mol. The normalized spacial score (nSPS) is 20.0. The van der Waals surface area contributed by atoms with E-state index in [1.165, 1.54) is 12.3 Å². The van der Waals surface area contributed by atoms with E-state index in [-0.39, 0.29) is 24.8 Å². The molecule has 2 N–H and O–H groups in total. The van der Waals surface area contributed by atoms with Crippen molar-refractivity contribution in [1.82, 2.24) is 25.1 Å². The van der Waals surface area contributed by atoms with E-state index in [4.69, 9.17) is 12.2 Å². The van der Waals surface area contributed by atoms with Crippen molar-refractivity contribution < 1.29 is 18.0 Å². The van der Waals surface area contributed by atoms with Crippen LogP contribution in [0.3, 0.4) is 0 Å². The number of carbonyl (C=O) groups is 1. The second-order valence-electron chi connectivity index (χ2n) is 7.42. The van der Waals surface area contributed by atoms with Crippen LogP contribution in [0.25, 0.3) is 0 Å². The van der Waals surface area contributed by atoms with E-state index in [0.29, 0.717) is 36.0 Å². The van der Waals surface area contributed by atoms with Gasteiger partial charge in [-0.25, -0.2) is 4.98 Å². The molecule has 1 aliphatic heterocycles. The van der Waals surface area contributed by atoms with E-state index in [9.17, 15) is 18.0 Å². The number of hydrogen-bond acceptors (Lipinski definition) is 5. The summed E-state index contributed by atoms with van der Waals surface area (Å²) in [6, 6.07) is 2.63. The van der Waals surface area contributed by atoms with Crippen LogP contribution < -0.4 is 10.2 Å². The lowest BCUT2D eigenvalue weighted by Gasteiger charge is -2.34. The average Bonchev–Trinajstić information content (AvgIpc) is 3.48. The van der Waals surface area contributed by atoms with E-state index in [1.807, 2.05) is 4.57 Å². The molecule has 3 heterocycles. The van der Waals surface area contributed by atoms with Crippen molar-refractivity contribution in [3.8, 4) is 0 Å². The van der Waals surface area contributed by atoms with Crippen LogP contribution in [-0.4, -0.2) is 38.7 Å². The summed E-state index contributed by atoms with van der Waals surface area (Å²) in [5.74, 6) is -0.0618. The number of hydrogen-bond donors (Lipinski definition) is 2. The summed E-state index contributed by atoms with van der Waals surface area (Å²) in [7, 11) is 0. The van der Waals surface area contributed by atoms with Gasteiger partial charge in [-0.1, -0.05) is 0 Å². The Hall–Kier alpha value is -2.43. The third-order valence-electron chi connectivity index (χ3n) is 5.29. The lowest BCUT2D eigenvalue weighted by Crippen LogP contribution is -2.44. The first-order valence-corrected chi connectivity index (χ1v) is 9.96. The molecule has 1 unspecified atom stereocenters. The Labute approximate surface area is 170 Å². The van der Waals surface area contributed by atoms with Crippen LogP contribution >= 0.6 is 12.2 Å². The van der Waals surface area contributed by atoms with E-state index in [2.05, 4.69) is 20.5 Å². The molecule has 156 valence electrons. The molecule has 2 aromatic rings. The highest BCUT2D eigenvalue weighted by Gasteiger charge is 2.37. The van der Waals surface area contributed by atoms with Crippen LogP contribution in [0.15, 0.2) is 18.3 Å². The van der Waals surface area contributed by atoms with Crippen LogP contribution in [0, 0.1) is 10.7 Å². The first-order chi connectivity index (χ1) is 13.8. The number of amides is 1. The number of halogens is 3. The second-order valence-corrected chi connectivity index (χ2v) is 7.81. The van der Waals surface area contributed by atoms with Gasteiger partial charge in [0.05, 0.1) is 18.0 Å². The van der Waals surface area contributed by atoms with Crippen molar-refractivity contribution in [1.29, 1.82) is 0 Å². The highest BCUT2D eigenvalue weighted by molar-refractivity contribution is 7.71. The molecule has 2 aromatic heterocycles. The fourth-order valence-corrected chi connectivity index (χ4v) is 4.04. The average molecular weight is 426 g/mol. The van der Waals surface area contributed by atoms with Gasteiger partial charge in [0.1, 0.15) is 5.82 Å². The number of nitrogens with one attached hydrogen (secondary N) is 2. The summed E-state index contributed by atoms with van der Waals surface area (Å²) in [5, 5.41) is 9.80. The quantitative estimate of drug-likeness (QED) is 0.718. The third kappa shape index (κ3) is 4.29. The fourth-order valence-electron chi connectivity index (χ4n) is 3.74. The lowest BCUT2D eigenvalue weighted by molar-refractivity contribution is -0.137. The molecule has 4 rings (SSSR count). The lowest BCUT2D eigenvalue weighted by atomic mass is 9.96. The monoisotopic (exact) mass is 426 g/mol. The minimum atomic E-state index is -4.49. The molecular formula is C18H21F3N6OS. The highest BCUT2D eigenvalue weighted by Crippen LogP contribution is 2.37.